The molecule has 0 saturated carbocycles. The van der Waals surface area contributed by atoms with Crippen molar-refractivity contribution in [1.29, 1.82) is 0 Å². The highest BCUT2D eigenvalue weighted by Crippen LogP contribution is 2.18. The quantitative estimate of drug-likeness (QED) is 0.386. The summed E-state index contributed by atoms with van der Waals surface area (Å²) in [4.78, 5) is 10.7. The first-order chi connectivity index (χ1) is 6.81. The number of nitrogens with zero attached hydrogens (tertiary/aromatic N) is 1. The summed E-state index contributed by atoms with van der Waals surface area (Å²) in [7, 11) is -1.69. The van der Waals surface area contributed by atoms with Gasteiger partial charge in [0.15, 0.2) is 8.32 Å². The molecular formula is C10H23NO3Si. The Hall–Kier alpha value is -0.423. The lowest BCUT2D eigenvalue weighted by molar-refractivity contribution is -0.533. The van der Waals surface area contributed by atoms with Gasteiger partial charge >= 0.3 is 0 Å². The zero-order valence-corrected chi connectivity index (χ0v) is 11.4. The normalized spacial score (nSPS) is 16.1. The molecule has 0 aliphatic heterocycles. The van der Waals surface area contributed by atoms with Gasteiger partial charge in [0.1, 0.15) is 6.10 Å². The lowest BCUT2D eigenvalue weighted by atomic mass is 10.1. The zero-order valence-electron chi connectivity index (χ0n) is 10.4. The average Bonchev–Trinajstić information content (AvgIpc) is 2.01. The molecule has 4 nitrogen and oxygen atoms in total. The van der Waals surface area contributed by atoms with E-state index >= 15 is 0 Å². The SMILES string of the molecule is CCC[C@@H](O[Si](C)(C)C)[C@H](CC)[N+](=O)[O-]. The van der Waals surface area contributed by atoms with E-state index in [0.29, 0.717) is 6.42 Å². The second-order valence-electron chi connectivity index (χ2n) is 4.82. The fourth-order valence-electron chi connectivity index (χ4n) is 1.62. The lowest BCUT2D eigenvalue weighted by Crippen LogP contribution is -2.42. The first-order valence-corrected chi connectivity index (χ1v) is 9.04. The first kappa shape index (κ1) is 14.6. The fourth-order valence-corrected chi connectivity index (χ4v) is 2.80. The van der Waals surface area contributed by atoms with Crippen LogP contribution in [-0.2, 0) is 4.43 Å². The van der Waals surface area contributed by atoms with Crippen molar-refractivity contribution in [2.45, 2.75) is 64.9 Å². The van der Waals surface area contributed by atoms with Crippen LogP contribution in [0.5, 0.6) is 0 Å². The average molecular weight is 233 g/mol. The van der Waals surface area contributed by atoms with Crippen LogP contribution < -0.4 is 0 Å². The number of rotatable bonds is 7. The molecule has 0 aliphatic carbocycles. The minimum absolute atomic E-state index is 0.194. The van der Waals surface area contributed by atoms with E-state index in [1.165, 1.54) is 0 Å². The van der Waals surface area contributed by atoms with E-state index in [1.54, 1.807) is 0 Å². The number of nitro groups is 1. The van der Waals surface area contributed by atoms with E-state index in [9.17, 15) is 10.1 Å². The maximum absolute atomic E-state index is 10.9. The van der Waals surface area contributed by atoms with E-state index < -0.39 is 14.4 Å². The Morgan fingerprint density at radius 3 is 2.13 bits per heavy atom. The maximum atomic E-state index is 10.9. The Morgan fingerprint density at radius 1 is 1.33 bits per heavy atom. The van der Waals surface area contributed by atoms with Crippen molar-refractivity contribution in [2.24, 2.45) is 0 Å². The molecule has 0 aliphatic rings. The molecule has 0 aromatic heterocycles. The van der Waals surface area contributed by atoms with E-state index in [2.05, 4.69) is 19.6 Å². The van der Waals surface area contributed by atoms with E-state index in [-0.39, 0.29) is 11.0 Å². The standard InChI is InChI=1S/C10H23NO3Si/c1-6-8-10(14-15(3,4)5)9(7-2)11(12)13/h9-10H,6-8H2,1-5H3/t9-,10+/m0/s1. The second kappa shape index (κ2) is 6.22. The largest absolute Gasteiger partial charge is 0.408 e. The van der Waals surface area contributed by atoms with Crippen molar-refractivity contribution >= 4 is 8.32 Å². The van der Waals surface area contributed by atoms with Crippen molar-refractivity contribution < 1.29 is 9.35 Å². The summed E-state index contributed by atoms with van der Waals surface area (Å²) in [5.74, 6) is 0. The highest BCUT2D eigenvalue weighted by molar-refractivity contribution is 6.69. The third kappa shape index (κ3) is 5.89. The van der Waals surface area contributed by atoms with Crippen LogP contribution in [0, 0.1) is 10.1 Å². The van der Waals surface area contributed by atoms with Crippen LogP contribution >= 0.6 is 0 Å². The minimum atomic E-state index is -1.69. The van der Waals surface area contributed by atoms with Gasteiger partial charge in [-0.1, -0.05) is 20.3 Å². The lowest BCUT2D eigenvalue weighted by Gasteiger charge is -2.27. The van der Waals surface area contributed by atoms with E-state index in [1.807, 2.05) is 13.8 Å². The molecule has 0 aromatic carbocycles. The molecule has 0 unspecified atom stereocenters. The molecule has 0 heterocycles. The molecule has 90 valence electrons. The van der Waals surface area contributed by atoms with Crippen LogP contribution in [0.25, 0.3) is 0 Å². The molecule has 5 heteroatoms. The summed E-state index contributed by atoms with van der Waals surface area (Å²) in [6.07, 6.45) is 2.05. The van der Waals surface area contributed by atoms with E-state index in [0.717, 1.165) is 12.8 Å². The maximum Gasteiger partial charge on any atom is 0.237 e. The van der Waals surface area contributed by atoms with Gasteiger partial charge in [0.25, 0.3) is 0 Å². The van der Waals surface area contributed by atoms with Crippen LogP contribution in [-0.4, -0.2) is 25.4 Å². The van der Waals surface area contributed by atoms with Gasteiger partial charge < -0.3 is 4.43 Å². The summed E-state index contributed by atoms with van der Waals surface area (Å²) in [6.45, 7) is 10.1. The summed E-state index contributed by atoms with van der Waals surface area (Å²) in [5, 5.41) is 10.9. The van der Waals surface area contributed by atoms with Crippen LogP contribution in [0.3, 0.4) is 0 Å². The molecule has 2 atom stereocenters. The number of hydrogen-bond donors (Lipinski definition) is 0. The van der Waals surface area contributed by atoms with Gasteiger partial charge in [0.05, 0.1) is 0 Å². The molecule has 0 rings (SSSR count). The van der Waals surface area contributed by atoms with Crippen molar-refractivity contribution in [3.63, 3.8) is 0 Å². The molecule has 0 spiro atoms. The molecule has 0 bridgehead atoms. The summed E-state index contributed by atoms with van der Waals surface area (Å²) >= 11 is 0. The highest BCUT2D eigenvalue weighted by atomic mass is 28.4. The predicted octanol–water partition coefficient (Wildman–Crippen LogP) is 3.06. The van der Waals surface area contributed by atoms with Crippen LogP contribution in [0.1, 0.15) is 33.1 Å². The third-order valence-electron chi connectivity index (χ3n) is 2.20. The Labute approximate surface area is 93.3 Å². The van der Waals surface area contributed by atoms with Gasteiger partial charge in [-0.2, -0.15) is 0 Å². The Morgan fingerprint density at radius 2 is 1.87 bits per heavy atom. The smallest absolute Gasteiger partial charge is 0.237 e. The van der Waals surface area contributed by atoms with Gasteiger partial charge in [-0.15, -0.1) is 0 Å². The Balaban J connectivity index is 4.55. The van der Waals surface area contributed by atoms with Crippen molar-refractivity contribution in [3.05, 3.63) is 10.1 Å². The summed E-state index contributed by atoms with van der Waals surface area (Å²) in [5.41, 5.74) is 0. The molecule has 0 aromatic rings. The zero-order chi connectivity index (χ0) is 12.1. The summed E-state index contributed by atoms with van der Waals surface area (Å²) < 4.78 is 5.89. The van der Waals surface area contributed by atoms with Crippen molar-refractivity contribution in [3.8, 4) is 0 Å². The topological polar surface area (TPSA) is 52.4 Å². The molecule has 0 fully saturated rings. The highest BCUT2D eigenvalue weighted by Gasteiger charge is 2.33. The summed E-state index contributed by atoms with van der Waals surface area (Å²) in [6, 6.07) is -0.545. The molecule has 0 N–H and O–H groups in total. The first-order valence-electron chi connectivity index (χ1n) is 5.63. The molecule has 0 amide bonds. The Bertz CT molecular complexity index is 203. The number of hydrogen-bond acceptors (Lipinski definition) is 3. The van der Waals surface area contributed by atoms with Crippen LogP contribution in [0.4, 0.5) is 0 Å². The van der Waals surface area contributed by atoms with Gasteiger partial charge in [0.2, 0.25) is 6.04 Å². The van der Waals surface area contributed by atoms with Gasteiger partial charge in [0, 0.05) is 11.3 Å². The van der Waals surface area contributed by atoms with Gasteiger partial charge in [-0.05, 0) is 26.1 Å². The molecule has 0 saturated heterocycles. The van der Waals surface area contributed by atoms with Gasteiger partial charge in [-0.3, -0.25) is 10.1 Å². The van der Waals surface area contributed by atoms with Crippen molar-refractivity contribution in [1.82, 2.24) is 0 Å². The second-order valence-corrected chi connectivity index (χ2v) is 9.28. The molecule has 15 heavy (non-hydrogen) atoms. The van der Waals surface area contributed by atoms with Crippen LogP contribution in [0.15, 0.2) is 0 Å². The molecular weight excluding hydrogens is 210 g/mol. The van der Waals surface area contributed by atoms with Gasteiger partial charge in [-0.25, -0.2) is 0 Å². The fraction of sp³-hybridized carbons (Fsp3) is 1.00. The minimum Gasteiger partial charge on any atom is -0.408 e. The van der Waals surface area contributed by atoms with E-state index in [4.69, 9.17) is 4.43 Å². The monoisotopic (exact) mass is 233 g/mol. The molecule has 0 radical (unpaired) electrons. The Kier molecular flexibility index (Phi) is 6.05. The van der Waals surface area contributed by atoms with Crippen molar-refractivity contribution in [2.75, 3.05) is 0 Å². The predicted molar refractivity (Wildman–Crippen MR) is 64.2 cm³/mol. The third-order valence-corrected chi connectivity index (χ3v) is 3.21. The van der Waals surface area contributed by atoms with Crippen LogP contribution in [0.2, 0.25) is 19.6 Å².